The Morgan fingerprint density at radius 3 is 2.30 bits per heavy atom. The lowest BCUT2D eigenvalue weighted by atomic mass is 9.94. The summed E-state index contributed by atoms with van der Waals surface area (Å²) >= 11 is 0. The van der Waals surface area contributed by atoms with Crippen LogP contribution in [0.1, 0.15) is 46.0 Å². The molecule has 1 rings (SSSR count). The maximum absolute atomic E-state index is 11.6. The highest BCUT2D eigenvalue weighted by atomic mass is 16.6. The molecule has 3 N–H and O–H groups in total. The van der Waals surface area contributed by atoms with Crippen molar-refractivity contribution in [3.8, 4) is 0 Å². The number of unbranched alkanes of at least 4 members (excludes halogenated alkanes) is 1. The van der Waals surface area contributed by atoms with Crippen molar-refractivity contribution < 1.29 is 39.1 Å². The molecule has 8 heteroatoms. The molecule has 0 radical (unpaired) electrons. The molecule has 1 aliphatic carbocycles. The van der Waals surface area contributed by atoms with Crippen molar-refractivity contribution in [2.24, 2.45) is 5.92 Å². The number of aliphatic carboxylic acids is 1. The Bertz CT molecular complexity index is 592. The van der Waals surface area contributed by atoms with E-state index in [-0.39, 0.29) is 25.1 Å². The number of carbonyl (C=O) groups excluding carboxylic acids is 1. The first kappa shape index (κ1) is 27.8. The smallest absolute Gasteiger partial charge is 0.328 e. The summed E-state index contributed by atoms with van der Waals surface area (Å²) in [4.78, 5) is 22.0. The highest BCUT2D eigenvalue weighted by Crippen LogP contribution is 2.26. The molecule has 0 aromatic heterocycles. The number of aliphatic hydroxyl groups excluding tert-OH is 2. The standard InChI is InChI=1S/C11H14O4.C11H22O4/c1-14-9-3-6-11(15-2,7-4-9)8-5-10(12)13;1-3-5-6-9(4-2)11(14)15-10(7-12)8-13/h3-6,8H,7H2,1-2H3,(H,12,13);9-10,12-13H,3-8H2,1-2H3. The lowest BCUT2D eigenvalue weighted by Gasteiger charge is -2.27. The summed E-state index contributed by atoms with van der Waals surface area (Å²) in [5, 5.41) is 26.1. The Morgan fingerprint density at radius 1 is 1.23 bits per heavy atom. The van der Waals surface area contributed by atoms with Gasteiger partial charge in [-0.3, -0.25) is 4.79 Å². The van der Waals surface area contributed by atoms with Crippen molar-refractivity contribution in [3.63, 3.8) is 0 Å². The van der Waals surface area contributed by atoms with E-state index in [9.17, 15) is 9.59 Å². The Hall–Kier alpha value is -2.16. The average Bonchev–Trinajstić information content (AvgIpc) is 2.77. The van der Waals surface area contributed by atoms with E-state index >= 15 is 0 Å². The van der Waals surface area contributed by atoms with E-state index in [1.807, 2.05) is 13.0 Å². The third-order valence-corrected chi connectivity index (χ3v) is 4.70. The molecule has 0 saturated carbocycles. The third kappa shape index (κ3) is 10.6. The van der Waals surface area contributed by atoms with Crippen LogP contribution in [0, 0.1) is 5.92 Å². The maximum Gasteiger partial charge on any atom is 0.328 e. The van der Waals surface area contributed by atoms with E-state index in [0.717, 1.165) is 37.5 Å². The minimum Gasteiger partial charge on any atom is -0.497 e. The zero-order chi connectivity index (χ0) is 23.0. The zero-order valence-corrected chi connectivity index (χ0v) is 18.4. The number of ether oxygens (including phenoxy) is 3. The lowest BCUT2D eigenvalue weighted by molar-refractivity contribution is -0.158. The van der Waals surface area contributed by atoms with Gasteiger partial charge in [0.25, 0.3) is 0 Å². The molecule has 2 unspecified atom stereocenters. The second kappa shape index (κ2) is 15.6. The Balaban J connectivity index is 0.000000561. The summed E-state index contributed by atoms with van der Waals surface area (Å²) < 4.78 is 15.3. The molecule has 0 aromatic rings. The van der Waals surface area contributed by atoms with Gasteiger partial charge in [0.05, 0.1) is 26.2 Å². The molecule has 172 valence electrons. The van der Waals surface area contributed by atoms with Crippen molar-refractivity contribution in [1.82, 2.24) is 0 Å². The zero-order valence-electron chi connectivity index (χ0n) is 18.4. The number of rotatable bonds is 12. The lowest BCUT2D eigenvalue weighted by Crippen LogP contribution is -2.29. The van der Waals surface area contributed by atoms with Crippen LogP contribution in [0.4, 0.5) is 0 Å². The number of hydrogen-bond donors (Lipinski definition) is 3. The van der Waals surface area contributed by atoms with Crippen molar-refractivity contribution in [2.75, 3.05) is 27.4 Å². The van der Waals surface area contributed by atoms with Gasteiger partial charge in [-0.05, 0) is 37.1 Å². The van der Waals surface area contributed by atoms with Crippen LogP contribution in [0.2, 0.25) is 0 Å². The first-order valence-corrected chi connectivity index (χ1v) is 10.1. The van der Waals surface area contributed by atoms with Crippen LogP contribution in [0.15, 0.2) is 36.1 Å². The fourth-order valence-electron chi connectivity index (χ4n) is 2.66. The first-order chi connectivity index (χ1) is 14.3. The average molecular weight is 429 g/mol. The molecule has 0 saturated heterocycles. The molecule has 2 atom stereocenters. The number of carbonyl (C=O) groups is 2. The molecule has 0 fully saturated rings. The molecular formula is C22H36O8. The van der Waals surface area contributed by atoms with Crippen LogP contribution in [-0.4, -0.2) is 66.4 Å². The fourth-order valence-corrected chi connectivity index (χ4v) is 2.66. The quantitative estimate of drug-likeness (QED) is 0.320. The van der Waals surface area contributed by atoms with Gasteiger partial charge < -0.3 is 29.5 Å². The Morgan fingerprint density at radius 2 is 1.90 bits per heavy atom. The molecule has 0 bridgehead atoms. The van der Waals surface area contributed by atoms with Crippen LogP contribution in [0.5, 0.6) is 0 Å². The molecule has 0 amide bonds. The van der Waals surface area contributed by atoms with Crippen molar-refractivity contribution >= 4 is 11.9 Å². The van der Waals surface area contributed by atoms with Gasteiger partial charge in [0.15, 0.2) is 0 Å². The minimum absolute atomic E-state index is 0.106. The first-order valence-electron chi connectivity index (χ1n) is 10.1. The summed E-state index contributed by atoms with van der Waals surface area (Å²) in [6, 6.07) is 0. The van der Waals surface area contributed by atoms with Crippen LogP contribution >= 0.6 is 0 Å². The van der Waals surface area contributed by atoms with E-state index in [1.165, 1.54) is 6.08 Å². The topological polar surface area (TPSA) is 123 Å². The van der Waals surface area contributed by atoms with Crippen molar-refractivity contribution in [2.45, 2.75) is 57.7 Å². The largest absolute Gasteiger partial charge is 0.497 e. The van der Waals surface area contributed by atoms with E-state index in [0.29, 0.717) is 6.42 Å². The molecule has 0 heterocycles. The van der Waals surface area contributed by atoms with Gasteiger partial charge >= 0.3 is 11.9 Å². The van der Waals surface area contributed by atoms with Crippen LogP contribution in [-0.2, 0) is 23.8 Å². The third-order valence-electron chi connectivity index (χ3n) is 4.70. The number of carboxylic acids is 1. The van der Waals surface area contributed by atoms with Crippen LogP contribution in [0.3, 0.4) is 0 Å². The molecule has 0 aliphatic heterocycles. The van der Waals surface area contributed by atoms with Gasteiger partial charge in [0.2, 0.25) is 0 Å². The van der Waals surface area contributed by atoms with E-state index in [1.54, 1.807) is 26.4 Å². The minimum atomic E-state index is -0.985. The Labute approximate surface area is 178 Å². The van der Waals surface area contributed by atoms with Crippen LogP contribution < -0.4 is 0 Å². The van der Waals surface area contributed by atoms with Gasteiger partial charge in [0, 0.05) is 19.6 Å². The number of carboxylic acid groups (broad SMARTS) is 1. The second-order valence-electron chi connectivity index (χ2n) is 6.85. The summed E-state index contributed by atoms with van der Waals surface area (Å²) in [5.74, 6) is -0.641. The molecule has 0 aromatic carbocycles. The maximum atomic E-state index is 11.6. The predicted molar refractivity (Wildman–Crippen MR) is 113 cm³/mol. The monoisotopic (exact) mass is 428 g/mol. The van der Waals surface area contributed by atoms with Crippen LogP contribution in [0.25, 0.3) is 0 Å². The molecule has 0 spiro atoms. The number of hydrogen-bond acceptors (Lipinski definition) is 7. The normalized spacial score (nSPS) is 19.1. The van der Waals surface area contributed by atoms with E-state index in [4.69, 9.17) is 29.5 Å². The summed E-state index contributed by atoms with van der Waals surface area (Å²) in [5.41, 5.74) is -0.666. The summed E-state index contributed by atoms with van der Waals surface area (Å²) in [7, 11) is 3.13. The molecule has 30 heavy (non-hydrogen) atoms. The molecule has 1 aliphatic rings. The second-order valence-corrected chi connectivity index (χ2v) is 6.85. The highest BCUT2D eigenvalue weighted by Gasteiger charge is 2.25. The fraction of sp³-hybridized carbons (Fsp3) is 0.636. The van der Waals surface area contributed by atoms with Crippen molar-refractivity contribution in [3.05, 3.63) is 36.1 Å². The molecule has 8 nitrogen and oxygen atoms in total. The van der Waals surface area contributed by atoms with Crippen molar-refractivity contribution in [1.29, 1.82) is 0 Å². The highest BCUT2D eigenvalue weighted by molar-refractivity contribution is 5.80. The number of allylic oxidation sites excluding steroid dienone is 1. The van der Waals surface area contributed by atoms with Gasteiger partial charge in [-0.25, -0.2) is 4.79 Å². The van der Waals surface area contributed by atoms with Gasteiger partial charge in [-0.15, -0.1) is 0 Å². The number of esters is 1. The Kier molecular flexibility index (Phi) is 14.5. The van der Waals surface area contributed by atoms with Gasteiger partial charge in [-0.1, -0.05) is 26.7 Å². The predicted octanol–water partition coefficient (Wildman–Crippen LogP) is 2.60. The van der Waals surface area contributed by atoms with E-state index < -0.39 is 17.7 Å². The number of aliphatic hydroxyl groups is 2. The van der Waals surface area contributed by atoms with Gasteiger partial charge in [0.1, 0.15) is 17.5 Å². The summed E-state index contributed by atoms with van der Waals surface area (Å²) in [6.07, 6.45) is 11.4. The summed E-state index contributed by atoms with van der Waals surface area (Å²) in [6.45, 7) is 3.36. The van der Waals surface area contributed by atoms with Gasteiger partial charge in [-0.2, -0.15) is 0 Å². The number of methoxy groups -OCH3 is 2. The van der Waals surface area contributed by atoms with E-state index in [2.05, 4.69) is 6.92 Å². The SMILES string of the molecule is CCCCC(CC)C(=O)OC(CO)CO.COC1=CCC(C=CC(=O)O)(OC)C=C1. The molecular weight excluding hydrogens is 392 g/mol.